The highest BCUT2D eigenvalue weighted by molar-refractivity contribution is 4.71. The summed E-state index contributed by atoms with van der Waals surface area (Å²) in [5, 5.41) is 11.8. The monoisotopic (exact) mass is 168 g/mol. The minimum atomic E-state index is 0.556. The number of nitrogens with zero attached hydrogens (tertiary/aromatic N) is 1. The Bertz CT molecular complexity index is 135. The lowest BCUT2D eigenvalue weighted by atomic mass is 10.1. The van der Waals surface area contributed by atoms with E-state index in [1.807, 2.05) is 0 Å². The van der Waals surface area contributed by atoms with E-state index in [1.54, 1.807) is 0 Å². The van der Waals surface area contributed by atoms with Crippen LogP contribution in [0.5, 0.6) is 0 Å². The smallest absolute Gasteiger partial charge is 0.0621 e. The summed E-state index contributed by atoms with van der Waals surface area (Å²) in [7, 11) is 0. The van der Waals surface area contributed by atoms with Crippen molar-refractivity contribution in [1.82, 2.24) is 5.32 Å². The van der Waals surface area contributed by atoms with Gasteiger partial charge >= 0.3 is 0 Å². The highest BCUT2D eigenvalue weighted by Crippen LogP contribution is 2.00. The zero-order valence-corrected chi connectivity index (χ0v) is 8.43. The number of hydrogen-bond acceptors (Lipinski definition) is 2. The third-order valence-electron chi connectivity index (χ3n) is 1.80. The molecule has 0 aromatic carbocycles. The van der Waals surface area contributed by atoms with Crippen molar-refractivity contribution in [3.8, 4) is 6.07 Å². The molecular formula is C10H20N2. The Morgan fingerprint density at radius 3 is 2.50 bits per heavy atom. The predicted molar refractivity (Wildman–Crippen MR) is 51.8 cm³/mol. The number of unbranched alkanes of at least 4 members (excludes halogenated alkanes) is 1. The van der Waals surface area contributed by atoms with Crippen LogP contribution in [0.15, 0.2) is 0 Å². The molecule has 2 heteroatoms. The lowest BCUT2D eigenvalue weighted by Crippen LogP contribution is -2.29. The van der Waals surface area contributed by atoms with Gasteiger partial charge in [0.25, 0.3) is 0 Å². The molecule has 1 N–H and O–H groups in total. The van der Waals surface area contributed by atoms with E-state index >= 15 is 0 Å². The Kier molecular flexibility index (Phi) is 6.79. The maximum atomic E-state index is 8.33. The lowest BCUT2D eigenvalue weighted by Gasteiger charge is -2.14. The largest absolute Gasteiger partial charge is 0.314 e. The van der Waals surface area contributed by atoms with Crippen LogP contribution in [0.2, 0.25) is 0 Å². The summed E-state index contributed by atoms with van der Waals surface area (Å²) in [5.41, 5.74) is 0. The standard InChI is InChI=1S/C10H20N2/c1-9(2)8-12-10(3)6-4-5-7-11/h9-10,12H,4-6,8H2,1-3H3. The molecule has 0 aliphatic heterocycles. The van der Waals surface area contributed by atoms with Crippen LogP contribution in [0.3, 0.4) is 0 Å². The van der Waals surface area contributed by atoms with Crippen molar-refractivity contribution in [2.24, 2.45) is 5.92 Å². The Morgan fingerprint density at radius 1 is 1.33 bits per heavy atom. The molecule has 0 rings (SSSR count). The van der Waals surface area contributed by atoms with Crippen LogP contribution < -0.4 is 5.32 Å². The van der Waals surface area contributed by atoms with Crippen LogP contribution in [-0.2, 0) is 0 Å². The molecule has 0 aromatic heterocycles. The fraction of sp³-hybridized carbons (Fsp3) is 0.900. The summed E-state index contributed by atoms with van der Waals surface area (Å²) in [6.07, 6.45) is 2.82. The molecule has 70 valence electrons. The summed E-state index contributed by atoms with van der Waals surface area (Å²) in [6.45, 7) is 7.66. The first-order valence-electron chi connectivity index (χ1n) is 4.77. The normalized spacial score (nSPS) is 12.9. The van der Waals surface area contributed by atoms with Gasteiger partial charge in [-0.25, -0.2) is 0 Å². The lowest BCUT2D eigenvalue weighted by molar-refractivity contribution is 0.457. The fourth-order valence-corrected chi connectivity index (χ4v) is 1.03. The van der Waals surface area contributed by atoms with Crippen molar-refractivity contribution >= 4 is 0 Å². The molecule has 0 radical (unpaired) electrons. The third kappa shape index (κ3) is 7.56. The number of nitrogens with one attached hydrogen (secondary N) is 1. The summed E-state index contributed by atoms with van der Waals surface area (Å²) in [4.78, 5) is 0. The molecule has 0 saturated heterocycles. The second kappa shape index (κ2) is 7.12. The van der Waals surface area contributed by atoms with Gasteiger partial charge in [-0.05, 0) is 32.2 Å². The quantitative estimate of drug-likeness (QED) is 0.618. The minimum absolute atomic E-state index is 0.556. The molecule has 0 saturated carbocycles. The molecular weight excluding hydrogens is 148 g/mol. The van der Waals surface area contributed by atoms with E-state index in [4.69, 9.17) is 5.26 Å². The molecule has 2 nitrogen and oxygen atoms in total. The van der Waals surface area contributed by atoms with Crippen LogP contribution in [0.25, 0.3) is 0 Å². The van der Waals surface area contributed by atoms with Gasteiger partial charge in [-0.15, -0.1) is 0 Å². The molecule has 0 aliphatic rings. The highest BCUT2D eigenvalue weighted by Gasteiger charge is 2.01. The molecule has 1 atom stereocenters. The van der Waals surface area contributed by atoms with Crippen LogP contribution in [0.4, 0.5) is 0 Å². The summed E-state index contributed by atoms with van der Waals surface area (Å²) in [5.74, 6) is 0.711. The van der Waals surface area contributed by atoms with Crippen molar-refractivity contribution in [3.63, 3.8) is 0 Å². The first-order valence-corrected chi connectivity index (χ1v) is 4.77. The second-order valence-corrected chi connectivity index (χ2v) is 3.75. The Hall–Kier alpha value is -0.550. The summed E-state index contributed by atoms with van der Waals surface area (Å²) < 4.78 is 0. The first-order chi connectivity index (χ1) is 5.66. The van der Waals surface area contributed by atoms with Crippen molar-refractivity contribution in [2.75, 3.05) is 6.54 Å². The molecule has 0 fully saturated rings. The highest BCUT2D eigenvalue weighted by atomic mass is 14.9. The fourth-order valence-electron chi connectivity index (χ4n) is 1.03. The zero-order chi connectivity index (χ0) is 9.40. The van der Waals surface area contributed by atoms with E-state index in [9.17, 15) is 0 Å². The van der Waals surface area contributed by atoms with Gasteiger partial charge in [-0.3, -0.25) is 0 Å². The molecule has 12 heavy (non-hydrogen) atoms. The average molecular weight is 168 g/mol. The SMILES string of the molecule is CC(C)CNC(C)CCCC#N. The zero-order valence-electron chi connectivity index (χ0n) is 8.43. The van der Waals surface area contributed by atoms with Gasteiger partial charge in [-0.1, -0.05) is 13.8 Å². The molecule has 0 heterocycles. The topological polar surface area (TPSA) is 35.8 Å². The third-order valence-corrected chi connectivity index (χ3v) is 1.80. The Labute approximate surface area is 76.0 Å². The van der Waals surface area contributed by atoms with Gasteiger partial charge in [0, 0.05) is 12.5 Å². The molecule has 0 aromatic rings. The van der Waals surface area contributed by atoms with Crippen LogP contribution >= 0.6 is 0 Å². The molecule has 0 amide bonds. The number of rotatable bonds is 6. The van der Waals surface area contributed by atoms with Crippen LogP contribution in [-0.4, -0.2) is 12.6 Å². The van der Waals surface area contributed by atoms with Gasteiger partial charge in [-0.2, -0.15) is 5.26 Å². The van der Waals surface area contributed by atoms with E-state index in [0.717, 1.165) is 19.4 Å². The molecule has 0 bridgehead atoms. The van der Waals surface area contributed by atoms with E-state index in [0.29, 0.717) is 18.4 Å². The van der Waals surface area contributed by atoms with Crippen molar-refractivity contribution in [1.29, 1.82) is 5.26 Å². The van der Waals surface area contributed by atoms with Gasteiger partial charge in [0.15, 0.2) is 0 Å². The van der Waals surface area contributed by atoms with Gasteiger partial charge in [0.2, 0.25) is 0 Å². The Balaban J connectivity index is 3.22. The van der Waals surface area contributed by atoms with Gasteiger partial charge < -0.3 is 5.32 Å². The van der Waals surface area contributed by atoms with E-state index in [-0.39, 0.29) is 0 Å². The van der Waals surface area contributed by atoms with Gasteiger partial charge in [0.1, 0.15) is 0 Å². The van der Waals surface area contributed by atoms with E-state index < -0.39 is 0 Å². The van der Waals surface area contributed by atoms with Gasteiger partial charge in [0.05, 0.1) is 6.07 Å². The summed E-state index contributed by atoms with van der Waals surface area (Å²) in [6, 6.07) is 2.72. The number of nitriles is 1. The molecule has 0 spiro atoms. The average Bonchev–Trinajstić information content (AvgIpc) is 2.01. The predicted octanol–water partition coefficient (Wildman–Crippen LogP) is 2.31. The second-order valence-electron chi connectivity index (χ2n) is 3.75. The van der Waals surface area contributed by atoms with E-state index in [2.05, 4.69) is 32.2 Å². The summed E-state index contributed by atoms with van der Waals surface area (Å²) >= 11 is 0. The molecule has 0 aliphatic carbocycles. The van der Waals surface area contributed by atoms with Crippen LogP contribution in [0, 0.1) is 17.2 Å². The maximum absolute atomic E-state index is 8.33. The molecule has 1 unspecified atom stereocenters. The van der Waals surface area contributed by atoms with Crippen molar-refractivity contribution < 1.29 is 0 Å². The maximum Gasteiger partial charge on any atom is 0.0621 e. The van der Waals surface area contributed by atoms with E-state index in [1.165, 1.54) is 0 Å². The first kappa shape index (κ1) is 11.4. The minimum Gasteiger partial charge on any atom is -0.314 e. The number of hydrogen-bond donors (Lipinski definition) is 1. The Morgan fingerprint density at radius 2 is 2.00 bits per heavy atom. The van der Waals surface area contributed by atoms with Crippen molar-refractivity contribution in [3.05, 3.63) is 0 Å². The van der Waals surface area contributed by atoms with Crippen molar-refractivity contribution in [2.45, 2.75) is 46.1 Å². The van der Waals surface area contributed by atoms with Crippen LogP contribution in [0.1, 0.15) is 40.0 Å².